The molecule has 0 aliphatic carbocycles. The molecule has 0 radical (unpaired) electrons. The fourth-order valence-electron chi connectivity index (χ4n) is 4.34. The van der Waals surface area contributed by atoms with Crippen molar-refractivity contribution in [1.29, 1.82) is 0 Å². The van der Waals surface area contributed by atoms with Gasteiger partial charge in [0, 0.05) is 47.9 Å². The molecule has 0 atom stereocenters. The topological polar surface area (TPSA) is 124 Å². The SMILES string of the molecule is Nc1ncnc2nc(-c3ccc(N4CCC(=Nn5cncn5)CC4)nc3)cc(-c3cccc(Br)c3)c12. The maximum absolute atomic E-state index is 6.23. The number of fused-ring (bicyclic) bond motifs is 1. The van der Waals surface area contributed by atoms with E-state index in [0.717, 1.165) is 69.7 Å². The molecule has 36 heavy (non-hydrogen) atoms. The van der Waals surface area contributed by atoms with E-state index in [2.05, 4.69) is 46.0 Å². The Labute approximate surface area is 215 Å². The third-order valence-corrected chi connectivity index (χ3v) is 6.62. The van der Waals surface area contributed by atoms with Crippen molar-refractivity contribution in [3.05, 3.63) is 72.1 Å². The number of nitrogen functional groups attached to an aromatic ring is 1. The summed E-state index contributed by atoms with van der Waals surface area (Å²) in [4.78, 5) is 25.8. The second-order valence-corrected chi connectivity index (χ2v) is 9.31. The van der Waals surface area contributed by atoms with Crippen LogP contribution >= 0.6 is 15.9 Å². The molecule has 5 aromatic rings. The molecule has 5 heterocycles. The van der Waals surface area contributed by atoms with Crippen LogP contribution in [0.25, 0.3) is 33.4 Å². The summed E-state index contributed by atoms with van der Waals surface area (Å²) in [6, 6.07) is 14.2. The van der Waals surface area contributed by atoms with Crippen molar-refractivity contribution in [2.24, 2.45) is 5.10 Å². The number of rotatable bonds is 4. The molecular formula is C25H21BrN10. The van der Waals surface area contributed by atoms with Gasteiger partial charge >= 0.3 is 0 Å². The highest BCUT2D eigenvalue weighted by Gasteiger charge is 2.18. The van der Waals surface area contributed by atoms with Gasteiger partial charge in [-0.2, -0.15) is 5.10 Å². The molecule has 0 bridgehead atoms. The summed E-state index contributed by atoms with van der Waals surface area (Å²) < 4.78 is 0.976. The Bertz CT molecular complexity index is 1550. The van der Waals surface area contributed by atoms with E-state index < -0.39 is 0 Å². The number of benzene rings is 1. The maximum atomic E-state index is 6.23. The van der Waals surface area contributed by atoms with Crippen LogP contribution in [0.2, 0.25) is 0 Å². The fourth-order valence-corrected chi connectivity index (χ4v) is 4.74. The Morgan fingerprint density at radius 3 is 2.58 bits per heavy atom. The van der Waals surface area contributed by atoms with E-state index in [0.29, 0.717) is 11.5 Å². The molecule has 6 rings (SSSR count). The molecule has 2 N–H and O–H groups in total. The number of hydrogen-bond donors (Lipinski definition) is 1. The standard InChI is InChI=1S/C25H21BrN10/c26-18-3-1-2-16(10-18)20-11-21(33-25-23(20)24(27)30-14-31-25)17-4-5-22(29-12-17)35-8-6-19(7-9-35)34-36-15-28-13-32-36/h1-5,10-15H,6-9H2,(H2,27,30,31,33). The molecule has 1 fully saturated rings. The van der Waals surface area contributed by atoms with Crippen molar-refractivity contribution in [2.45, 2.75) is 12.8 Å². The van der Waals surface area contributed by atoms with Crippen molar-refractivity contribution < 1.29 is 0 Å². The summed E-state index contributed by atoms with van der Waals surface area (Å²) in [5.41, 5.74) is 11.5. The lowest BCUT2D eigenvalue weighted by atomic mass is 10.0. The molecule has 4 aromatic heterocycles. The van der Waals surface area contributed by atoms with Crippen molar-refractivity contribution in [2.75, 3.05) is 23.7 Å². The zero-order chi connectivity index (χ0) is 24.5. The van der Waals surface area contributed by atoms with Crippen LogP contribution in [0, 0.1) is 0 Å². The van der Waals surface area contributed by atoms with Crippen LogP contribution in [0.3, 0.4) is 0 Å². The van der Waals surface area contributed by atoms with Gasteiger partial charge in [0.15, 0.2) is 5.65 Å². The van der Waals surface area contributed by atoms with Gasteiger partial charge in [0.1, 0.15) is 30.6 Å². The minimum atomic E-state index is 0.402. The molecule has 1 aliphatic heterocycles. The Kier molecular flexibility index (Phi) is 5.82. The summed E-state index contributed by atoms with van der Waals surface area (Å²) in [5, 5.41) is 9.30. The molecule has 11 heteroatoms. The van der Waals surface area contributed by atoms with Crippen molar-refractivity contribution >= 4 is 44.3 Å². The summed E-state index contributed by atoms with van der Waals surface area (Å²) in [6.45, 7) is 1.69. The maximum Gasteiger partial charge on any atom is 0.165 e. The van der Waals surface area contributed by atoms with E-state index in [1.54, 1.807) is 6.33 Å². The van der Waals surface area contributed by atoms with Crippen LogP contribution in [-0.4, -0.2) is 53.6 Å². The van der Waals surface area contributed by atoms with Gasteiger partial charge in [-0.15, -0.1) is 9.89 Å². The van der Waals surface area contributed by atoms with Crippen LogP contribution in [0.4, 0.5) is 11.6 Å². The quantitative estimate of drug-likeness (QED) is 0.359. The lowest BCUT2D eigenvalue weighted by Gasteiger charge is -2.28. The first-order valence-corrected chi connectivity index (χ1v) is 12.2. The first-order chi connectivity index (χ1) is 17.6. The predicted molar refractivity (Wildman–Crippen MR) is 142 cm³/mol. The second-order valence-electron chi connectivity index (χ2n) is 8.40. The van der Waals surface area contributed by atoms with E-state index in [-0.39, 0.29) is 0 Å². The van der Waals surface area contributed by atoms with Crippen LogP contribution < -0.4 is 10.6 Å². The van der Waals surface area contributed by atoms with Gasteiger partial charge in [0.05, 0.1) is 11.1 Å². The summed E-state index contributed by atoms with van der Waals surface area (Å²) in [5.74, 6) is 1.33. The Morgan fingerprint density at radius 2 is 1.83 bits per heavy atom. The van der Waals surface area contributed by atoms with Gasteiger partial charge in [-0.25, -0.2) is 24.9 Å². The molecule has 0 spiro atoms. The van der Waals surface area contributed by atoms with Gasteiger partial charge in [-0.05, 0) is 41.5 Å². The van der Waals surface area contributed by atoms with Crippen LogP contribution in [-0.2, 0) is 0 Å². The van der Waals surface area contributed by atoms with Crippen LogP contribution in [0.15, 0.2) is 77.2 Å². The number of pyridine rings is 2. The van der Waals surface area contributed by atoms with Crippen LogP contribution in [0.1, 0.15) is 12.8 Å². The molecule has 10 nitrogen and oxygen atoms in total. The number of piperidine rings is 1. The molecule has 178 valence electrons. The minimum absolute atomic E-state index is 0.402. The summed E-state index contributed by atoms with van der Waals surface area (Å²) >= 11 is 3.56. The highest BCUT2D eigenvalue weighted by Crippen LogP contribution is 2.34. The van der Waals surface area contributed by atoms with E-state index in [1.165, 1.54) is 17.4 Å². The highest BCUT2D eigenvalue weighted by molar-refractivity contribution is 9.10. The molecule has 0 saturated carbocycles. The van der Waals surface area contributed by atoms with Crippen molar-refractivity contribution in [1.82, 2.24) is 34.8 Å². The molecule has 0 unspecified atom stereocenters. The number of aromatic nitrogens is 7. The van der Waals surface area contributed by atoms with E-state index in [9.17, 15) is 0 Å². The van der Waals surface area contributed by atoms with Gasteiger partial charge in [-0.1, -0.05) is 28.1 Å². The predicted octanol–water partition coefficient (Wildman–Crippen LogP) is 4.19. The van der Waals surface area contributed by atoms with Gasteiger partial charge in [-0.3, -0.25) is 0 Å². The first kappa shape index (κ1) is 22.2. The van der Waals surface area contributed by atoms with Crippen LogP contribution in [0.5, 0.6) is 0 Å². The molecule has 1 aliphatic rings. The van der Waals surface area contributed by atoms with E-state index in [4.69, 9.17) is 15.7 Å². The van der Waals surface area contributed by atoms with Gasteiger partial charge < -0.3 is 10.6 Å². The molecular weight excluding hydrogens is 520 g/mol. The highest BCUT2D eigenvalue weighted by atomic mass is 79.9. The molecule has 1 saturated heterocycles. The second kappa shape index (κ2) is 9.42. The van der Waals surface area contributed by atoms with E-state index in [1.807, 2.05) is 48.7 Å². The summed E-state index contributed by atoms with van der Waals surface area (Å²) in [6.07, 6.45) is 8.09. The number of anilines is 2. The number of nitrogens with zero attached hydrogens (tertiary/aromatic N) is 9. The van der Waals surface area contributed by atoms with Crippen molar-refractivity contribution in [3.63, 3.8) is 0 Å². The normalized spacial score (nSPS) is 13.8. The van der Waals surface area contributed by atoms with Gasteiger partial charge in [0.2, 0.25) is 0 Å². The zero-order valence-electron chi connectivity index (χ0n) is 19.2. The lowest BCUT2D eigenvalue weighted by molar-refractivity contribution is 0.695. The Hall–Kier alpha value is -4.25. The Balaban J connectivity index is 1.29. The first-order valence-electron chi connectivity index (χ1n) is 11.4. The van der Waals surface area contributed by atoms with Gasteiger partial charge in [0.25, 0.3) is 0 Å². The lowest BCUT2D eigenvalue weighted by Crippen LogP contribution is -2.34. The van der Waals surface area contributed by atoms with Crippen molar-refractivity contribution in [3.8, 4) is 22.4 Å². The largest absolute Gasteiger partial charge is 0.383 e. The zero-order valence-corrected chi connectivity index (χ0v) is 20.7. The van der Waals surface area contributed by atoms with E-state index >= 15 is 0 Å². The number of nitrogens with two attached hydrogens (primary N) is 1. The fraction of sp³-hybridized carbons (Fsp3) is 0.160. The number of halogens is 1. The molecule has 0 amide bonds. The monoisotopic (exact) mass is 540 g/mol. The summed E-state index contributed by atoms with van der Waals surface area (Å²) in [7, 11) is 0. The average molecular weight is 541 g/mol. The molecule has 1 aromatic carbocycles. The third kappa shape index (κ3) is 4.40. The minimum Gasteiger partial charge on any atom is -0.383 e. The Morgan fingerprint density at radius 1 is 0.944 bits per heavy atom. The smallest absolute Gasteiger partial charge is 0.165 e. The number of hydrogen-bond acceptors (Lipinski definition) is 9. The average Bonchev–Trinajstić information content (AvgIpc) is 3.42. The third-order valence-electron chi connectivity index (χ3n) is 6.13.